The van der Waals surface area contributed by atoms with Crippen molar-refractivity contribution in [3.63, 3.8) is 0 Å². The Bertz CT molecular complexity index is 357. The topological polar surface area (TPSA) is 77.2 Å². The summed E-state index contributed by atoms with van der Waals surface area (Å²) in [6.45, 7) is 3.01. The van der Waals surface area contributed by atoms with E-state index in [0.717, 1.165) is 20.0 Å². The van der Waals surface area contributed by atoms with Gasteiger partial charge in [0.1, 0.15) is 6.04 Å². The standard InChI is InChI=1S/C6H7F2N.C5H10N2O2/c1-6(7,8)5-3-2-4-9-5;8-5(9)4-3-6-1-2-7-4/h2-4,9H,1H3;4,6-7H,1-3H2,(H,8,9). The number of carbonyl (C=O) groups is 1. The van der Waals surface area contributed by atoms with E-state index in [4.69, 9.17) is 5.11 Å². The van der Waals surface area contributed by atoms with Crippen molar-refractivity contribution in [2.45, 2.75) is 18.9 Å². The lowest BCUT2D eigenvalue weighted by atomic mass is 10.2. The minimum absolute atomic E-state index is 0.0394. The van der Waals surface area contributed by atoms with Gasteiger partial charge in [0.25, 0.3) is 5.92 Å². The van der Waals surface area contributed by atoms with Gasteiger partial charge in [0.15, 0.2) is 0 Å². The van der Waals surface area contributed by atoms with Gasteiger partial charge in [-0.25, -0.2) is 8.78 Å². The number of halogens is 2. The molecule has 0 aliphatic carbocycles. The lowest BCUT2D eigenvalue weighted by Gasteiger charge is -2.20. The van der Waals surface area contributed by atoms with Gasteiger partial charge in [0.05, 0.1) is 5.69 Å². The molecule has 0 radical (unpaired) electrons. The second kappa shape index (κ2) is 6.46. The lowest BCUT2D eigenvalue weighted by molar-refractivity contribution is -0.139. The summed E-state index contributed by atoms with van der Waals surface area (Å²) >= 11 is 0. The smallest absolute Gasteiger partial charge is 0.322 e. The summed E-state index contributed by atoms with van der Waals surface area (Å²) in [7, 11) is 0. The first-order chi connectivity index (χ1) is 8.41. The first-order valence-electron chi connectivity index (χ1n) is 5.60. The number of aliphatic carboxylic acids is 1. The maximum Gasteiger partial charge on any atom is 0.322 e. The van der Waals surface area contributed by atoms with E-state index in [2.05, 4.69) is 15.6 Å². The van der Waals surface area contributed by atoms with Crippen molar-refractivity contribution in [1.29, 1.82) is 0 Å². The molecule has 4 N–H and O–H groups in total. The van der Waals surface area contributed by atoms with Crippen LogP contribution < -0.4 is 10.6 Å². The first-order valence-corrected chi connectivity index (χ1v) is 5.60. The minimum atomic E-state index is -2.73. The van der Waals surface area contributed by atoms with Crippen LogP contribution >= 0.6 is 0 Å². The first kappa shape index (κ1) is 14.6. The molecule has 1 aromatic rings. The summed E-state index contributed by atoms with van der Waals surface area (Å²) in [5, 5.41) is 14.3. The molecule has 2 rings (SSSR count). The highest BCUT2D eigenvalue weighted by molar-refractivity contribution is 5.73. The van der Waals surface area contributed by atoms with Gasteiger partial charge in [-0.1, -0.05) is 0 Å². The lowest BCUT2D eigenvalue weighted by Crippen LogP contribution is -2.52. The molecule has 0 amide bonds. The molecule has 0 aromatic carbocycles. The molecular weight excluding hydrogens is 244 g/mol. The monoisotopic (exact) mass is 261 g/mol. The molecule has 1 aliphatic heterocycles. The molecule has 5 nitrogen and oxygen atoms in total. The average molecular weight is 261 g/mol. The van der Waals surface area contributed by atoms with Crippen molar-refractivity contribution in [2.24, 2.45) is 0 Å². The zero-order valence-electron chi connectivity index (χ0n) is 10.0. The maximum absolute atomic E-state index is 12.3. The number of alkyl halides is 2. The third-order valence-electron chi connectivity index (χ3n) is 2.41. The van der Waals surface area contributed by atoms with Crippen LogP contribution in [0.4, 0.5) is 8.78 Å². The fourth-order valence-corrected chi connectivity index (χ4v) is 1.43. The molecule has 0 spiro atoms. The Balaban J connectivity index is 0.000000180. The Morgan fingerprint density at radius 1 is 1.50 bits per heavy atom. The fraction of sp³-hybridized carbons (Fsp3) is 0.545. The van der Waals surface area contributed by atoms with Crippen molar-refractivity contribution >= 4 is 5.97 Å². The second-order valence-electron chi connectivity index (χ2n) is 4.02. The number of H-pyrrole nitrogens is 1. The molecule has 2 heterocycles. The van der Waals surface area contributed by atoms with Gasteiger partial charge in [0, 0.05) is 32.8 Å². The normalized spacial score (nSPS) is 19.8. The molecule has 0 bridgehead atoms. The van der Waals surface area contributed by atoms with Gasteiger partial charge < -0.3 is 20.7 Å². The third kappa shape index (κ3) is 4.80. The van der Waals surface area contributed by atoms with E-state index in [1.165, 1.54) is 12.3 Å². The number of hydrogen-bond donors (Lipinski definition) is 4. The molecule has 0 saturated carbocycles. The molecule has 1 aliphatic rings. The van der Waals surface area contributed by atoms with E-state index >= 15 is 0 Å². The van der Waals surface area contributed by atoms with Crippen LogP contribution in [0.3, 0.4) is 0 Å². The van der Waals surface area contributed by atoms with Crippen LogP contribution in [-0.2, 0) is 10.7 Å². The van der Waals surface area contributed by atoms with Crippen molar-refractivity contribution in [2.75, 3.05) is 19.6 Å². The van der Waals surface area contributed by atoms with Gasteiger partial charge in [0.2, 0.25) is 0 Å². The number of aromatic amines is 1. The highest BCUT2D eigenvalue weighted by Gasteiger charge is 2.24. The van der Waals surface area contributed by atoms with Gasteiger partial charge in [-0.15, -0.1) is 0 Å². The van der Waals surface area contributed by atoms with Crippen molar-refractivity contribution < 1.29 is 18.7 Å². The predicted molar refractivity (Wildman–Crippen MR) is 62.7 cm³/mol. The molecule has 18 heavy (non-hydrogen) atoms. The van der Waals surface area contributed by atoms with Crippen LogP contribution in [0.2, 0.25) is 0 Å². The molecule has 1 atom stereocenters. The number of aromatic nitrogens is 1. The van der Waals surface area contributed by atoms with Gasteiger partial charge in [-0.2, -0.15) is 0 Å². The predicted octanol–water partition coefficient (Wildman–Crippen LogP) is 0.759. The van der Waals surface area contributed by atoms with E-state index in [0.29, 0.717) is 6.54 Å². The molecule has 1 saturated heterocycles. The molecule has 1 aromatic heterocycles. The fourth-order valence-electron chi connectivity index (χ4n) is 1.43. The Hall–Kier alpha value is -1.47. The summed E-state index contributed by atoms with van der Waals surface area (Å²) in [4.78, 5) is 12.7. The SMILES string of the molecule is CC(F)(F)c1ccc[nH]1.O=C(O)C1CNCCN1. The van der Waals surface area contributed by atoms with Crippen LogP contribution in [0, 0.1) is 0 Å². The largest absolute Gasteiger partial charge is 0.480 e. The second-order valence-corrected chi connectivity index (χ2v) is 4.02. The summed E-state index contributed by atoms with van der Waals surface area (Å²) in [6, 6.07) is 2.52. The molecule has 1 unspecified atom stereocenters. The number of piperazine rings is 1. The highest BCUT2D eigenvalue weighted by Crippen LogP contribution is 2.24. The maximum atomic E-state index is 12.3. The van der Waals surface area contributed by atoms with Gasteiger partial charge >= 0.3 is 5.97 Å². The summed E-state index contributed by atoms with van der Waals surface area (Å²) < 4.78 is 24.5. The Labute approximate surface area is 104 Å². The van der Waals surface area contributed by atoms with Crippen LogP contribution in [-0.4, -0.2) is 41.7 Å². The van der Waals surface area contributed by atoms with Gasteiger partial charge in [-0.3, -0.25) is 4.79 Å². The number of nitrogens with one attached hydrogen (secondary N) is 3. The Morgan fingerprint density at radius 3 is 2.50 bits per heavy atom. The van der Waals surface area contributed by atoms with Gasteiger partial charge in [-0.05, 0) is 12.1 Å². The summed E-state index contributed by atoms with van der Waals surface area (Å²) in [5.41, 5.74) is -0.0394. The Kier molecular flexibility index (Phi) is 5.24. The quantitative estimate of drug-likeness (QED) is 0.634. The van der Waals surface area contributed by atoms with Crippen LogP contribution in [0.15, 0.2) is 18.3 Å². The highest BCUT2D eigenvalue weighted by atomic mass is 19.3. The van der Waals surface area contributed by atoms with E-state index in [-0.39, 0.29) is 5.69 Å². The summed E-state index contributed by atoms with van der Waals surface area (Å²) in [6.07, 6.45) is 1.48. The molecule has 102 valence electrons. The van der Waals surface area contributed by atoms with E-state index in [9.17, 15) is 13.6 Å². The zero-order chi connectivity index (χ0) is 13.6. The van der Waals surface area contributed by atoms with Crippen molar-refractivity contribution in [3.8, 4) is 0 Å². The number of hydrogen-bond acceptors (Lipinski definition) is 3. The number of rotatable bonds is 2. The van der Waals surface area contributed by atoms with Crippen molar-refractivity contribution in [1.82, 2.24) is 15.6 Å². The number of carboxylic acids is 1. The molecule has 1 fully saturated rings. The Morgan fingerprint density at radius 2 is 2.22 bits per heavy atom. The van der Waals surface area contributed by atoms with E-state index in [1.54, 1.807) is 6.07 Å². The molecule has 7 heteroatoms. The van der Waals surface area contributed by atoms with Crippen LogP contribution in [0.1, 0.15) is 12.6 Å². The molecular formula is C11H17F2N3O2. The van der Waals surface area contributed by atoms with Crippen LogP contribution in [0.5, 0.6) is 0 Å². The number of carboxylic acid groups (broad SMARTS) is 1. The van der Waals surface area contributed by atoms with Crippen LogP contribution in [0.25, 0.3) is 0 Å². The van der Waals surface area contributed by atoms with E-state index < -0.39 is 17.9 Å². The van der Waals surface area contributed by atoms with E-state index in [1.807, 2.05) is 0 Å². The third-order valence-corrected chi connectivity index (χ3v) is 2.41. The average Bonchev–Trinajstić information content (AvgIpc) is 2.84. The summed E-state index contributed by atoms with van der Waals surface area (Å²) in [5.74, 6) is -3.51. The zero-order valence-corrected chi connectivity index (χ0v) is 10.0. The van der Waals surface area contributed by atoms with Crippen molar-refractivity contribution in [3.05, 3.63) is 24.0 Å². The minimum Gasteiger partial charge on any atom is -0.480 e.